The van der Waals surface area contributed by atoms with Gasteiger partial charge in [-0.25, -0.2) is 0 Å². The Hall–Kier alpha value is -2.41. The lowest BCUT2D eigenvalue weighted by Crippen LogP contribution is -2.36. The van der Waals surface area contributed by atoms with Crippen LogP contribution in [0.3, 0.4) is 0 Å². The summed E-state index contributed by atoms with van der Waals surface area (Å²) in [4.78, 5) is 40.0. The second-order valence-corrected chi connectivity index (χ2v) is 7.58. The number of benzene rings is 1. The van der Waals surface area contributed by atoms with E-state index in [-0.39, 0.29) is 30.1 Å². The number of hydrogen-bond acceptors (Lipinski definition) is 4. The van der Waals surface area contributed by atoms with Crippen LogP contribution in [-0.2, 0) is 14.4 Å². The van der Waals surface area contributed by atoms with Crippen molar-refractivity contribution >= 4 is 29.1 Å². The summed E-state index contributed by atoms with van der Waals surface area (Å²) in [5, 5.41) is 5.83. The van der Waals surface area contributed by atoms with E-state index in [4.69, 9.17) is 0 Å². The molecule has 2 heterocycles. The van der Waals surface area contributed by atoms with E-state index < -0.39 is 0 Å². The molecule has 2 N–H and O–H groups in total. The zero-order valence-electron chi connectivity index (χ0n) is 16.1. The fourth-order valence-corrected chi connectivity index (χ4v) is 3.68. The Labute approximate surface area is 160 Å². The number of nitrogens with zero attached hydrogens (tertiary/aromatic N) is 2. The normalized spacial score (nSPS) is 20.6. The van der Waals surface area contributed by atoms with Crippen molar-refractivity contribution in [3.63, 3.8) is 0 Å². The number of carbonyl (C=O) groups excluding carboxylic acids is 3. The predicted molar refractivity (Wildman–Crippen MR) is 104 cm³/mol. The van der Waals surface area contributed by atoms with Gasteiger partial charge >= 0.3 is 0 Å². The molecule has 7 heteroatoms. The number of piperidine rings is 1. The molecule has 3 amide bonds. The lowest BCUT2D eigenvalue weighted by Gasteiger charge is -2.25. The zero-order chi connectivity index (χ0) is 19.4. The van der Waals surface area contributed by atoms with Gasteiger partial charge in [-0.2, -0.15) is 0 Å². The van der Waals surface area contributed by atoms with E-state index in [2.05, 4.69) is 15.5 Å². The van der Waals surface area contributed by atoms with Gasteiger partial charge in [0.15, 0.2) is 0 Å². The predicted octanol–water partition coefficient (Wildman–Crippen LogP) is 1.84. The summed E-state index contributed by atoms with van der Waals surface area (Å²) in [6, 6.07) is 5.43. The molecule has 3 rings (SSSR count). The van der Waals surface area contributed by atoms with Crippen molar-refractivity contribution in [3.05, 3.63) is 23.8 Å². The minimum absolute atomic E-state index is 0.00176. The Morgan fingerprint density at radius 1 is 1.15 bits per heavy atom. The van der Waals surface area contributed by atoms with Crippen LogP contribution >= 0.6 is 0 Å². The molecule has 0 unspecified atom stereocenters. The van der Waals surface area contributed by atoms with Gasteiger partial charge < -0.3 is 15.5 Å². The van der Waals surface area contributed by atoms with Gasteiger partial charge in [-0.3, -0.25) is 19.3 Å². The fraction of sp³-hybridized carbons (Fsp3) is 0.550. The van der Waals surface area contributed by atoms with Crippen LogP contribution in [-0.4, -0.2) is 60.7 Å². The lowest BCUT2D eigenvalue weighted by atomic mass is 10.1. The SMILES string of the molecule is Cc1cc(NC(=O)[C@@H]2CC(=O)N(C)C2)ccc1NC(=O)CN1CCCCC1. The van der Waals surface area contributed by atoms with Gasteiger partial charge in [0.05, 0.1) is 12.5 Å². The molecule has 0 aliphatic carbocycles. The highest BCUT2D eigenvalue weighted by atomic mass is 16.2. The zero-order valence-corrected chi connectivity index (χ0v) is 16.1. The number of rotatable bonds is 5. The first kappa shape index (κ1) is 19.4. The van der Waals surface area contributed by atoms with Gasteiger partial charge in [-0.05, 0) is 56.6 Å². The molecule has 0 bridgehead atoms. The summed E-state index contributed by atoms with van der Waals surface area (Å²) in [6.07, 6.45) is 3.81. The van der Waals surface area contributed by atoms with E-state index in [0.717, 1.165) is 37.2 Å². The lowest BCUT2D eigenvalue weighted by molar-refractivity contribution is -0.127. The number of aryl methyl sites for hydroxylation is 1. The van der Waals surface area contributed by atoms with Crippen LogP contribution in [0.5, 0.6) is 0 Å². The maximum absolute atomic E-state index is 12.3. The van der Waals surface area contributed by atoms with E-state index in [1.807, 2.05) is 19.1 Å². The average molecular weight is 372 g/mol. The van der Waals surface area contributed by atoms with Crippen molar-refractivity contribution in [1.29, 1.82) is 0 Å². The largest absolute Gasteiger partial charge is 0.345 e. The van der Waals surface area contributed by atoms with Crippen molar-refractivity contribution in [2.45, 2.75) is 32.6 Å². The Kier molecular flexibility index (Phi) is 6.11. The Bertz CT molecular complexity index is 728. The molecule has 0 spiro atoms. The molecule has 7 nitrogen and oxygen atoms in total. The smallest absolute Gasteiger partial charge is 0.238 e. The number of carbonyl (C=O) groups is 3. The van der Waals surface area contributed by atoms with Crippen LogP contribution in [0.1, 0.15) is 31.2 Å². The first-order chi connectivity index (χ1) is 12.9. The summed E-state index contributed by atoms with van der Waals surface area (Å²) < 4.78 is 0. The third kappa shape index (κ3) is 5.07. The molecule has 0 aromatic heterocycles. The standard InChI is InChI=1S/C20H28N4O3/c1-14-10-16(21-20(27)15-11-19(26)23(2)12-15)6-7-17(14)22-18(25)13-24-8-4-3-5-9-24/h6-7,10,15H,3-5,8-9,11-13H2,1-2H3,(H,21,27)(H,22,25)/t15-/m1/s1. The third-order valence-electron chi connectivity index (χ3n) is 5.30. The van der Waals surface area contributed by atoms with Crippen molar-refractivity contribution in [2.75, 3.05) is 43.9 Å². The van der Waals surface area contributed by atoms with Crippen LogP contribution in [0, 0.1) is 12.8 Å². The van der Waals surface area contributed by atoms with Crippen LogP contribution < -0.4 is 10.6 Å². The summed E-state index contributed by atoms with van der Waals surface area (Å²) in [7, 11) is 1.71. The van der Waals surface area contributed by atoms with Crippen LogP contribution in [0.25, 0.3) is 0 Å². The van der Waals surface area contributed by atoms with Crippen LogP contribution in [0.2, 0.25) is 0 Å². The molecule has 27 heavy (non-hydrogen) atoms. The van der Waals surface area contributed by atoms with Gasteiger partial charge in [-0.1, -0.05) is 6.42 Å². The maximum atomic E-state index is 12.3. The molecule has 0 radical (unpaired) electrons. The van der Waals surface area contributed by atoms with E-state index in [9.17, 15) is 14.4 Å². The molecule has 146 valence electrons. The first-order valence-corrected chi connectivity index (χ1v) is 9.60. The van der Waals surface area contributed by atoms with E-state index in [0.29, 0.717) is 18.8 Å². The Balaban J connectivity index is 1.54. The number of hydrogen-bond donors (Lipinski definition) is 2. The summed E-state index contributed by atoms with van der Waals surface area (Å²) >= 11 is 0. The second kappa shape index (κ2) is 8.52. The topological polar surface area (TPSA) is 81.8 Å². The summed E-state index contributed by atoms with van der Waals surface area (Å²) in [5.41, 5.74) is 2.32. The number of anilines is 2. The number of nitrogens with one attached hydrogen (secondary N) is 2. The van der Waals surface area contributed by atoms with Gasteiger partial charge in [0.25, 0.3) is 0 Å². The highest BCUT2D eigenvalue weighted by Crippen LogP contribution is 2.22. The molecule has 1 aromatic rings. The van der Waals surface area contributed by atoms with E-state index >= 15 is 0 Å². The maximum Gasteiger partial charge on any atom is 0.238 e. The number of amides is 3. The molecular formula is C20H28N4O3. The van der Waals surface area contributed by atoms with Gasteiger partial charge in [0.2, 0.25) is 17.7 Å². The van der Waals surface area contributed by atoms with Gasteiger partial charge in [-0.15, -0.1) is 0 Å². The molecule has 1 aromatic carbocycles. The van der Waals surface area contributed by atoms with Gasteiger partial charge in [0, 0.05) is 31.4 Å². The summed E-state index contributed by atoms with van der Waals surface area (Å²) in [6.45, 7) is 4.74. The third-order valence-corrected chi connectivity index (χ3v) is 5.30. The average Bonchev–Trinajstić information content (AvgIpc) is 2.97. The van der Waals surface area contributed by atoms with Crippen molar-refractivity contribution < 1.29 is 14.4 Å². The molecular weight excluding hydrogens is 344 g/mol. The molecule has 2 saturated heterocycles. The van der Waals surface area contributed by atoms with Gasteiger partial charge in [0.1, 0.15) is 0 Å². The van der Waals surface area contributed by atoms with Crippen LogP contribution in [0.15, 0.2) is 18.2 Å². The fourth-order valence-electron chi connectivity index (χ4n) is 3.68. The molecule has 0 saturated carbocycles. The Morgan fingerprint density at radius 3 is 2.52 bits per heavy atom. The minimum atomic E-state index is -0.313. The minimum Gasteiger partial charge on any atom is -0.345 e. The monoisotopic (exact) mass is 372 g/mol. The molecule has 2 aliphatic heterocycles. The van der Waals surface area contributed by atoms with Crippen molar-refractivity contribution in [1.82, 2.24) is 9.80 Å². The van der Waals surface area contributed by atoms with E-state index in [1.54, 1.807) is 18.0 Å². The molecule has 2 fully saturated rings. The molecule has 2 aliphatic rings. The number of likely N-dealkylation sites (tertiary alicyclic amines) is 2. The molecule has 1 atom stereocenters. The van der Waals surface area contributed by atoms with Crippen molar-refractivity contribution in [2.24, 2.45) is 5.92 Å². The quantitative estimate of drug-likeness (QED) is 0.826. The second-order valence-electron chi connectivity index (χ2n) is 7.58. The van der Waals surface area contributed by atoms with Crippen LogP contribution in [0.4, 0.5) is 11.4 Å². The Morgan fingerprint density at radius 2 is 1.89 bits per heavy atom. The highest BCUT2D eigenvalue weighted by molar-refractivity contribution is 5.98. The highest BCUT2D eigenvalue weighted by Gasteiger charge is 2.32. The summed E-state index contributed by atoms with van der Waals surface area (Å²) in [5.74, 6) is -0.469. The van der Waals surface area contributed by atoms with E-state index in [1.165, 1.54) is 6.42 Å². The van der Waals surface area contributed by atoms with Crippen molar-refractivity contribution in [3.8, 4) is 0 Å². The first-order valence-electron chi connectivity index (χ1n) is 9.60.